The van der Waals surface area contributed by atoms with Gasteiger partial charge in [-0.3, -0.25) is 4.79 Å². The smallest absolute Gasteiger partial charge is 0.280 e. The molecule has 124 valence electrons. The van der Waals surface area contributed by atoms with E-state index in [0.29, 0.717) is 22.1 Å². The third-order valence-electron chi connectivity index (χ3n) is 4.14. The van der Waals surface area contributed by atoms with E-state index in [0.717, 1.165) is 41.8 Å². The summed E-state index contributed by atoms with van der Waals surface area (Å²) >= 11 is 7.55. The number of thiophene rings is 1. The van der Waals surface area contributed by atoms with E-state index in [1.165, 1.54) is 4.88 Å². The molecule has 1 amide bonds. The average molecular weight is 361 g/mol. The second-order valence-electron chi connectivity index (χ2n) is 6.16. The molecule has 1 aromatic carbocycles. The van der Waals surface area contributed by atoms with Crippen molar-refractivity contribution >= 4 is 33.8 Å². The molecule has 0 spiro atoms. The van der Waals surface area contributed by atoms with E-state index < -0.39 is 0 Å². The van der Waals surface area contributed by atoms with Gasteiger partial charge < -0.3 is 10.2 Å². The molecule has 0 saturated carbocycles. The standard InChI is InChI=1S/C18H18ClN3OS/c1-22(10-12-4-2-5-13(19)8-12)11-17(23)21-18-15(9-20)14-6-3-7-16(14)24-18/h2,4-5,8H,3,6-7,10-11H2,1H3,(H,21,23)/p+1. The Bertz CT molecular complexity index is 809. The van der Waals surface area contributed by atoms with Crippen molar-refractivity contribution in [1.82, 2.24) is 0 Å². The molecular formula is C18H19ClN3OS+. The Morgan fingerprint density at radius 2 is 2.29 bits per heavy atom. The van der Waals surface area contributed by atoms with E-state index >= 15 is 0 Å². The Hall–Kier alpha value is -1.87. The molecule has 0 fully saturated rings. The van der Waals surface area contributed by atoms with Gasteiger partial charge in [0.15, 0.2) is 6.54 Å². The maximum atomic E-state index is 12.3. The molecule has 2 aromatic rings. The second kappa shape index (κ2) is 7.35. The third kappa shape index (κ3) is 3.78. The van der Waals surface area contributed by atoms with Crippen LogP contribution in [-0.2, 0) is 24.2 Å². The van der Waals surface area contributed by atoms with Gasteiger partial charge in [-0.05, 0) is 37.0 Å². The summed E-state index contributed by atoms with van der Waals surface area (Å²) in [5.74, 6) is -0.0639. The predicted octanol–water partition coefficient (Wildman–Crippen LogP) is 2.42. The minimum Gasteiger partial charge on any atom is -0.326 e. The largest absolute Gasteiger partial charge is 0.326 e. The lowest BCUT2D eigenvalue weighted by molar-refractivity contribution is -0.885. The fourth-order valence-electron chi connectivity index (χ4n) is 3.11. The van der Waals surface area contributed by atoms with Gasteiger partial charge in [-0.15, -0.1) is 11.3 Å². The number of anilines is 1. The van der Waals surface area contributed by atoms with Gasteiger partial charge in [0.2, 0.25) is 0 Å². The van der Waals surface area contributed by atoms with Gasteiger partial charge in [0.05, 0.1) is 12.6 Å². The summed E-state index contributed by atoms with van der Waals surface area (Å²) in [5, 5.41) is 13.7. The maximum Gasteiger partial charge on any atom is 0.280 e. The van der Waals surface area contributed by atoms with Crippen LogP contribution >= 0.6 is 22.9 Å². The Kier molecular flexibility index (Phi) is 5.20. The molecule has 2 N–H and O–H groups in total. The lowest BCUT2D eigenvalue weighted by Crippen LogP contribution is -3.08. The number of quaternary nitrogens is 1. The number of carbonyl (C=O) groups is 1. The predicted molar refractivity (Wildman–Crippen MR) is 96.6 cm³/mol. The second-order valence-corrected chi connectivity index (χ2v) is 7.70. The van der Waals surface area contributed by atoms with Crippen LogP contribution in [0.3, 0.4) is 0 Å². The van der Waals surface area contributed by atoms with Crippen LogP contribution in [0.25, 0.3) is 0 Å². The van der Waals surface area contributed by atoms with Crippen molar-refractivity contribution in [2.75, 3.05) is 18.9 Å². The highest BCUT2D eigenvalue weighted by molar-refractivity contribution is 7.16. The van der Waals surface area contributed by atoms with Crippen molar-refractivity contribution < 1.29 is 9.69 Å². The first-order chi connectivity index (χ1) is 11.6. The number of nitriles is 1. The Balaban J connectivity index is 1.61. The molecule has 6 heteroatoms. The van der Waals surface area contributed by atoms with Crippen LogP contribution in [0.4, 0.5) is 5.00 Å². The first-order valence-electron chi connectivity index (χ1n) is 7.97. The number of halogens is 1. The van der Waals surface area contributed by atoms with Gasteiger partial charge in [-0.2, -0.15) is 5.26 Å². The molecule has 1 heterocycles. The zero-order chi connectivity index (χ0) is 17.1. The van der Waals surface area contributed by atoms with Crippen LogP contribution < -0.4 is 10.2 Å². The molecule has 0 saturated heterocycles. The lowest BCUT2D eigenvalue weighted by atomic mass is 10.1. The van der Waals surface area contributed by atoms with Crippen molar-refractivity contribution in [3.63, 3.8) is 0 Å². The molecular weight excluding hydrogens is 342 g/mol. The van der Waals surface area contributed by atoms with Gasteiger partial charge in [-0.25, -0.2) is 0 Å². The van der Waals surface area contributed by atoms with Crippen LogP contribution in [0.1, 0.15) is 28.0 Å². The van der Waals surface area contributed by atoms with Gasteiger partial charge in [0.1, 0.15) is 17.6 Å². The number of nitrogens with one attached hydrogen (secondary N) is 2. The molecule has 0 radical (unpaired) electrons. The summed E-state index contributed by atoms with van der Waals surface area (Å²) in [6.07, 6.45) is 3.07. The van der Waals surface area contributed by atoms with Crippen molar-refractivity contribution in [3.8, 4) is 6.07 Å². The van der Waals surface area contributed by atoms with Crippen molar-refractivity contribution in [1.29, 1.82) is 5.26 Å². The van der Waals surface area contributed by atoms with Crippen LogP contribution in [0.5, 0.6) is 0 Å². The van der Waals surface area contributed by atoms with Crippen LogP contribution in [0.15, 0.2) is 24.3 Å². The number of benzene rings is 1. The minimum absolute atomic E-state index is 0.0639. The fraction of sp³-hybridized carbons (Fsp3) is 0.333. The summed E-state index contributed by atoms with van der Waals surface area (Å²) in [5.41, 5.74) is 2.89. The number of hydrogen-bond acceptors (Lipinski definition) is 3. The van der Waals surface area contributed by atoms with Crippen molar-refractivity contribution in [2.45, 2.75) is 25.8 Å². The summed E-state index contributed by atoms with van der Waals surface area (Å²) in [7, 11) is 1.97. The van der Waals surface area contributed by atoms with Gasteiger partial charge in [0, 0.05) is 15.5 Å². The van der Waals surface area contributed by atoms with E-state index in [4.69, 9.17) is 11.6 Å². The molecule has 24 heavy (non-hydrogen) atoms. The van der Waals surface area contributed by atoms with E-state index in [1.54, 1.807) is 11.3 Å². The molecule has 1 aromatic heterocycles. The minimum atomic E-state index is -0.0639. The SMILES string of the molecule is C[NH+](CC(=O)Nc1sc2c(c1C#N)CCC2)Cc1cccc(Cl)c1. The van der Waals surface area contributed by atoms with Gasteiger partial charge in [-0.1, -0.05) is 23.7 Å². The van der Waals surface area contributed by atoms with Gasteiger partial charge >= 0.3 is 0 Å². The first-order valence-corrected chi connectivity index (χ1v) is 9.16. The van der Waals surface area contributed by atoms with E-state index in [2.05, 4.69) is 11.4 Å². The highest BCUT2D eigenvalue weighted by Crippen LogP contribution is 2.38. The molecule has 1 aliphatic rings. The summed E-state index contributed by atoms with van der Waals surface area (Å²) in [6.45, 7) is 1.07. The molecule has 1 aliphatic carbocycles. The topological polar surface area (TPSA) is 57.3 Å². The van der Waals surface area contributed by atoms with E-state index in [1.807, 2.05) is 31.3 Å². The zero-order valence-electron chi connectivity index (χ0n) is 13.5. The Morgan fingerprint density at radius 3 is 3.04 bits per heavy atom. The van der Waals surface area contributed by atoms with E-state index in [9.17, 15) is 10.1 Å². The van der Waals surface area contributed by atoms with E-state index in [-0.39, 0.29) is 5.91 Å². The van der Waals surface area contributed by atoms with Crippen LogP contribution in [0.2, 0.25) is 5.02 Å². The molecule has 1 unspecified atom stereocenters. The molecule has 1 atom stereocenters. The van der Waals surface area contributed by atoms with Crippen LogP contribution in [-0.4, -0.2) is 19.5 Å². The first kappa shape index (κ1) is 17.0. The quantitative estimate of drug-likeness (QED) is 0.860. The highest BCUT2D eigenvalue weighted by Gasteiger charge is 2.23. The van der Waals surface area contributed by atoms with Crippen LogP contribution in [0, 0.1) is 11.3 Å². The molecule has 0 bridgehead atoms. The number of likely N-dealkylation sites (N-methyl/N-ethyl adjacent to an activating group) is 1. The monoisotopic (exact) mass is 360 g/mol. The lowest BCUT2D eigenvalue weighted by Gasteiger charge is -2.14. The Labute approximate surface area is 150 Å². The molecule has 0 aliphatic heterocycles. The Morgan fingerprint density at radius 1 is 1.46 bits per heavy atom. The maximum absolute atomic E-state index is 12.3. The molecule has 4 nitrogen and oxygen atoms in total. The van der Waals surface area contributed by atoms with Crippen molar-refractivity contribution in [3.05, 3.63) is 50.9 Å². The van der Waals surface area contributed by atoms with Gasteiger partial charge in [0.25, 0.3) is 5.91 Å². The number of fused-ring (bicyclic) bond motifs is 1. The summed E-state index contributed by atoms with van der Waals surface area (Å²) in [4.78, 5) is 14.6. The number of hydrogen-bond donors (Lipinski definition) is 2. The average Bonchev–Trinajstić information content (AvgIpc) is 3.07. The third-order valence-corrected chi connectivity index (χ3v) is 5.59. The number of carbonyl (C=O) groups excluding carboxylic acids is 1. The molecule has 3 rings (SSSR count). The zero-order valence-corrected chi connectivity index (χ0v) is 15.1. The summed E-state index contributed by atoms with van der Waals surface area (Å²) in [6, 6.07) is 9.93. The highest BCUT2D eigenvalue weighted by atomic mass is 35.5. The normalized spacial score (nSPS) is 14.0. The number of rotatable bonds is 5. The number of aryl methyl sites for hydroxylation is 1. The fourth-order valence-corrected chi connectivity index (χ4v) is 4.58. The van der Waals surface area contributed by atoms with Crippen molar-refractivity contribution in [2.24, 2.45) is 0 Å². The summed E-state index contributed by atoms with van der Waals surface area (Å²) < 4.78 is 0. The number of amides is 1. The number of nitrogens with zero attached hydrogens (tertiary/aromatic N) is 1.